The van der Waals surface area contributed by atoms with Gasteiger partial charge in [0.05, 0.1) is 0 Å². The van der Waals surface area contributed by atoms with Crippen LogP contribution in [0.4, 0.5) is 0 Å². The summed E-state index contributed by atoms with van der Waals surface area (Å²) in [6.45, 7) is 10.4. The number of hydrogen-bond donors (Lipinski definition) is 0. The van der Waals surface area contributed by atoms with Crippen molar-refractivity contribution in [2.24, 2.45) is 0 Å². The molecule has 0 aromatic heterocycles. The average Bonchev–Trinajstić information content (AvgIpc) is 2.09. The molecule has 1 aliphatic heterocycles. The molecule has 0 spiro atoms. The average molecular weight is 168 g/mol. The summed E-state index contributed by atoms with van der Waals surface area (Å²) in [7, 11) is 2.19. The molecule has 1 saturated heterocycles. The summed E-state index contributed by atoms with van der Waals surface area (Å²) in [6.07, 6.45) is 2.21. The van der Waals surface area contributed by atoms with Gasteiger partial charge in [-0.05, 0) is 20.9 Å². The van der Waals surface area contributed by atoms with Crippen LogP contribution in [-0.2, 0) is 0 Å². The third kappa shape index (κ3) is 2.95. The van der Waals surface area contributed by atoms with Crippen molar-refractivity contribution in [2.45, 2.75) is 13.8 Å². The van der Waals surface area contributed by atoms with Gasteiger partial charge in [0.15, 0.2) is 0 Å². The molecule has 0 radical (unpaired) electrons. The van der Waals surface area contributed by atoms with Crippen LogP contribution in [0.25, 0.3) is 0 Å². The molecule has 2 nitrogen and oxygen atoms in total. The minimum atomic E-state index is 1.16. The molecule has 2 heteroatoms. The maximum absolute atomic E-state index is 2.52. The van der Waals surface area contributed by atoms with Gasteiger partial charge in [-0.15, -0.1) is 0 Å². The first-order valence-corrected chi connectivity index (χ1v) is 4.75. The van der Waals surface area contributed by atoms with E-state index in [0.29, 0.717) is 0 Å². The predicted molar refractivity (Wildman–Crippen MR) is 53.4 cm³/mol. The van der Waals surface area contributed by atoms with Crippen LogP contribution in [0.3, 0.4) is 0 Å². The molecule has 0 amide bonds. The Kier molecular flexibility index (Phi) is 3.76. The molecule has 1 aliphatic rings. The largest absolute Gasteiger partial charge is 0.304 e. The highest BCUT2D eigenvalue weighted by Crippen LogP contribution is 2.02. The number of likely N-dealkylation sites (N-methyl/N-ethyl adjacent to an activating group) is 1. The van der Waals surface area contributed by atoms with Crippen molar-refractivity contribution >= 4 is 0 Å². The first-order valence-electron chi connectivity index (χ1n) is 4.75. The molecule has 0 bridgehead atoms. The summed E-state index contributed by atoms with van der Waals surface area (Å²) in [4.78, 5) is 4.91. The minimum Gasteiger partial charge on any atom is -0.304 e. The van der Waals surface area contributed by atoms with Gasteiger partial charge in [-0.3, -0.25) is 4.90 Å². The van der Waals surface area contributed by atoms with Gasteiger partial charge in [0.1, 0.15) is 0 Å². The van der Waals surface area contributed by atoms with E-state index in [0.717, 1.165) is 6.54 Å². The molecule has 0 N–H and O–H groups in total. The number of nitrogens with zero attached hydrogens (tertiary/aromatic N) is 2. The molecular weight excluding hydrogens is 148 g/mol. The van der Waals surface area contributed by atoms with Crippen molar-refractivity contribution in [1.82, 2.24) is 9.80 Å². The van der Waals surface area contributed by atoms with E-state index < -0.39 is 0 Å². The molecule has 0 aromatic rings. The van der Waals surface area contributed by atoms with Crippen molar-refractivity contribution in [1.29, 1.82) is 0 Å². The van der Waals surface area contributed by atoms with Crippen LogP contribution >= 0.6 is 0 Å². The highest BCUT2D eigenvalue weighted by atomic mass is 15.2. The van der Waals surface area contributed by atoms with Crippen molar-refractivity contribution in [2.75, 3.05) is 39.8 Å². The van der Waals surface area contributed by atoms with Crippen LogP contribution in [0, 0.1) is 0 Å². The summed E-state index contributed by atoms with van der Waals surface area (Å²) >= 11 is 0. The van der Waals surface area contributed by atoms with E-state index in [9.17, 15) is 0 Å². The van der Waals surface area contributed by atoms with Crippen molar-refractivity contribution in [3.8, 4) is 0 Å². The second-order valence-corrected chi connectivity index (χ2v) is 3.71. The number of rotatable bonds is 2. The fraction of sp³-hybridized carbons (Fsp3) is 0.800. The van der Waals surface area contributed by atoms with Crippen LogP contribution in [0.5, 0.6) is 0 Å². The second kappa shape index (κ2) is 4.63. The van der Waals surface area contributed by atoms with E-state index in [1.54, 1.807) is 0 Å². The summed E-state index contributed by atoms with van der Waals surface area (Å²) in [6, 6.07) is 0. The van der Waals surface area contributed by atoms with Crippen molar-refractivity contribution < 1.29 is 0 Å². The van der Waals surface area contributed by atoms with E-state index in [4.69, 9.17) is 0 Å². The SMILES string of the molecule is C/C=C(/C)CN1CCN(C)CC1. The van der Waals surface area contributed by atoms with Gasteiger partial charge in [0.2, 0.25) is 0 Å². The summed E-state index contributed by atoms with van der Waals surface area (Å²) in [5.41, 5.74) is 1.49. The molecule has 0 atom stereocenters. The Labute approximate surface area is 75.8 Å². The Morgan fingerprint density at radius 1 is 1.25 bits per heavy atom. The normalized spacial score (nSPS) is 23.1. The Balaban J connectivity index is 2.26. The van der Waals surface area contributed by atoms with E-state index in [2.05, 4.69) is 36.8 Å². The zero-order valence-corrected chi connectivity index (χ0v) is 8.51. The molecule has 0 aliphatic carbocycles. The van der Waals surface area contributed by atoms with Gasteiger partial charge in [0.25, 0.3) is 0 Å². The Morgan fingerprint density at radius 2 is 1.83 bits per heavy atom. The van der Waals surface area contributed by atoms with Gasteiger partial charge in [-0.1, -0.05) is 11.6 Å². The van der Waals surface area contributed by atoms with Gasteiger partial charge in [-0.25, -0.2) is 0 Å². The lowest BCUT2D eigenvalue weighted by Gasteiger charge is -2.32. The van der Waals surface area contributed by atoms with Crippen LogP contribution < -0.4 is 0 Å². The molecule has 70 valence electrons. The van der Waals surface area contributed by atoms with Gasteiger partial charge < -0.3 is 4.90 Å². The van der Waals surface area contributed by atoms with E-state index in [1.807, 2.05) is 0 Å². The zero-order valence-electron chi connectivity index (χ0n) is 8.51. The van der Waals surface area contributed by atoms with Gasteiger partial charge in [0, 0.05) is 32.7 Å². The lowest BCUT2D eigenvalue weighted by Crippen LogP contribution is -2.44. The topological polar surface area (TPSA) is 6.48 Å². The second-order valence-electron chi connectivity index (χ2n) is 3.71. The molecule has 0 aromatic carbocycles. The quantitative estimate of drug-likeness (QED) is 0.572. The van der Waals surface area contributed by atoms with Crippen LogP contribution in [0.15, 0.2) is 11.6 Å². The Bertz CT molecular complexity index is 155. The Morgan fingerprint density at radius 3 is 2.33 bits per heavy atom. The highest BCUT2D eigenvalue weighted by molar-refractivity contribution is 4.98. The third-order valence-electron chi connectivity index (χ3n) is 2.56. The van der Waals surface area contributed by atoms with Crippen LogP contribution in [0.2, 0.25) is 0 Å². The fourth-order valence-electron chi connectivity index (χ4n) is 1.45. The van der Waals surface area contributed by atoms with E-state index in [1.165, 1.54) is 31.8 Å². The fourth-order valence-corrected chi connectivity index (χ4v) is 1.45. The highest BCUT2D eigenvalue weighted by Gasteiger charge is 2.12. The van der Waals surface area contributed by atoms with Crippen molar-refractivity contribution in [3.63, 3.8) is 0 Å². The first kappa shape index (κ1) is 9.75. The van der Waals surface area contributed by atoms with Crippen molar-refractivity contribution in [3.05, 3.63) is 11.6 Å². The first-order chi connectivity index (χ1) is 5.72. The minimum absolute atomic E-state index is 1.16. The lowest BCUT2D eigenvalue weighted by molar-refractivity contribution is 0.164. The predicted octanol–water partition coefficient (Wildman–Crippen LogP) is 1.20. The summed E-state index contributed by atoms with van der Waals surface area (Å²) in [5, 5.41) is 0. The molecule has 12 heavy (non-hydrogen) atoms. The molecule has 0 unspecified atom stereocenters. The zero-order chi connectivity index (χ0) is 8.97. The Hall–Kier alpha value is -0.340. The summed E-state index contributed by atoms with van der Waals surface area (Å²) in [5.74, 6) is 0. The molecule has 1 rings (SSSR count). The van der Waals surface area contributed by atoms with E-state index >= 15 is 0 Å². The van der Waals surface area contributed by atoms with Crippen LogP contribution in [0.1, 0.15) is 13.8 Å². The molecule has 0 saturated carbocycles. The standard InChI is InChI=1S/C10H20N2/c1-4-10(2)9-12-7-5-11(3)6-8-12/h4H,5-9H2,1-3H3/b10-4-. The number of allylic oxidation sites excluding steroid dienone is 1. The summed E-state index contributed by atoms with van der Waals surface area (Å²) < 4.78 is 0. The molecule has 1 fully saturated rings. The van der Waals surface area contributed by atoms with Gasteiger partial charge in [-0.2, -0.15) is 0 Å². The molecule has 1 heterocycles. The lowest BCUT2D eigenvalue weighted by atomic mass is 10.2. The van der Waals surface area contributed by atoms with Gasteiger partial charge >= 0.3 is 0 Å². The maximum atomic E-state index is 2.52. The maximum Gasteiger partial charge on any atom is 0.0191 e. The number of piperazine rings is 1. The van der Waals surface area contributed by atoms with E-state index in [-0.39, 0.29) is 0 Å². The third-order valence-corrected chi connectivity index (χ3v) is 2.56. The molecular formula is C10H20N2. The number of hydrogen-bond acceptors (Lipinski definition) is 2. The smallest absolute Gasteiger partial charge is 0.0191 e. The van der Waals surface area contributed by atoms with Crippen LogP contribution in [-0.4, -0.2) is 49.6 Å². The monoisotopic (exact) mass is 168 g/mol.